The van der Waals surface area contributed by atoms with Gasteiger partial charge in [0.05, 0.1) is 5.69 Å². The molecule has 0 aliphatic heterocycles. The van der Waals surface area contributed by atoms with Gasteiger partial charge in [0.25, 0.3) is 0 Å². The molecular weight excluding hydrogens is 338 g/mol. The van der Waals surface area contributed by atoms with Crippen molar-refractivity contribution in [3.8, 4) is 11.5 Å². The van der Waals surface area contributed by atoms with E-state index >= 15 is 0 Å². The molecule has 0 radical (unpaired) electrons. The zero-order valence-electron chi connectivity index (χ0n) is 14.5. The van der Waals surface area contributed by atoms with Crippen LogP contribution in [0.4, 0.5) is 5.82 Å². The maximum Gasteiger partial charge on any atom is 0.181 e. The Kier molecular flexibility index (Phi) is 5.28. The van der Waals surface area contributed by atoms with Crippen molar-refractivity contribution < 1.29 is 4.52 Å². The first-order valence-electron chi connectivity index (χ1n) is 8.17. The molecule has 7 heteroatoms. The fourth-order valence-electron chi connectivity index (χ4n) is 2.60. The molecule has 6 nitrogen and oxygen atoms in total. The molecule has 0 amide bonds. The van der Waals surface area contributed by atoms with Crippen LogP contribution in [0, 0.1) is 20.8 Å². The predicted octanol–water partition coefficient (Wildman–Crippen LogP) is 4.15. The summed E-state index contributed by atoms with van der Waals surface area (Å²) in [5, 5.41) is 7.77. The molecule has 1 N–H and O–H groups in total. The van der Waals surface area contributed by atoms with Gasteiger partial charge in [0.15, 0.2) is 5.82 Å². The number of aromatic nitrogens is 4. The van der Waals surface area contributed by atoms with Gasteiger partial charge < -0.3 is 9.84 Å². The number of hydrogen-bond acceptors (Lipinski definition) is 6. The van der Waals surface area contributed by atoms with Gasteiger partial charge in [-0.2, -0.15) is 0 Å². The molecule has 25 heavy (non-hydrogen) atoms. The van der Waals surface area contributed by atoms with E-state index < -0.39 is 0 Å². The first-order valence-corrected chi connectivity index (χ1v) is 8.55. The average Bonchev–Trinajstić information content (AvgIpc) is 2.94. The lowest BCUT2D eigenvalue weighted by atomic mass is 10.1. The monoisotopic (exact) mass is 357 g/mol. The van der Waals surface area contributed by atoms with Crippen molar-refractivity contribution in [3.05, 3.63) is 52.1 Å². The molecule has 3 rings (SSSR count). The second kappa shape index (κ2) is 7.61. The topological polar surface area (TPSA) is 76.7 Å². The van der Waals surface area contributed by atoms with Crippen molar-refractivity contribution in [2.75, 3.05) is 11.9 Å². The van der Waals surface area contributed by atoms with Crippen molar-refractivity contribution in [2.45, 2.75) is 33.6 Å². The Labute approximate surface area is 151 Å². The lowest BCUT2D eigenvalue weighted by Crippen LogP contribution is -2.08. The highest BCUT2D eigenvalue weighted by atomic mass is 35.5. The van der Waals surface area contributed by atoms with E-state index in [9.17, 15) is 0 Å². The van der Waals surface area contributed by atoms with Gasteiger partial charge in [-0.05, 0) is 45.7 Å². The highest BCUT2D eigenvalue weighted by Crippen LogP contribution is 2.24. The van der Waals surface area contributed by atoms with E-state index in [1.54, 1.807) is 6.20 Å². The van der Waals surface area contributed by atoms with E-state index in [0.717, 1.165) is 42.2 Å². The number of nitrogens with zero attached hydrogens (tertiary/aromatic N) is 4. The third-order valence-corrected chi connectivity index (χ3v) is 4.43. The third kappa shape index (κ3) is 3.96. The quantitative estimate of drug-likeness (QED) is 0.527. The summed E-state index contributed by atoms with van der Waals surface area (Å²) in [7, 11) is 0. The molecule has 0 saturated carbocycles. The summed E-state index contributed by atoms with van der Waals surface area (Å²) in [5.41, 5.74) is 3.66. The van der Waals surface area contributed by atoms with Crippen molar-refractivity contribution in [1.29, 1.82) is 0 Å². The van der Waals surface area contributed by atoms with Crippen LogP contribution in [0.25, 0.3) is 11.5 Å². The highest BCUT2D eigenvalue weighted by molar-refractivity contribution is 6.30. The van der Waals surface area contributed by atoms with Gasteiger partial charge in [-0.15, -0.1) is 0 Å². The normalized spacial score (nSPS) is 10.9. The smallest absolute Gasteiger partial charge is 0.181 e. The fraction of sp³-hybridized carbons (Fsp3) is 0.333. The SMILES string of the molecule is Cc1noc(C)c1CCCNc1nc(-c2ccccn2)nc(Cl)c1C. The molecule has 130 valence electrons. The van der Waals surface area contributed by atoms with Crippen molar-refractivity contribution >= 4 is 17.4 Å². The second-order valence-corrected chi connectivity index (χ2v) is 6.22. The van der Waals surface area contributed by atoms with Crippen LogP contribution in [0.15, 0.2) is 28.9 Å². The Morgan fingerprint density at radius 1 is 1.16 bits per heavy atom. The molecule has 0 unspecified atom stereocenters. The molecular formula is C18H20ClN5O. The van der Waals surface area contributed by atoms with Gasteiger partial charge in [-0.1, -0.05) is 22.8 Å². The minimum absolute atomic E-state index is 0.434. The van der Waals surface area contributed by atoms with E-state index in [1.165, 1.54) is 5.56 Å². The van der Waals surface area contributed by atoms with Crippen molar-refractivity contribution in [2.24, 2.45) is 0 Å². The Morgan fingerprint density at radius 3 is 2.68 bits per heavy atom. The molecule has 0 aliphatic carbocycles. The zero-order valence-corrected chi connectivity index (χ0v) is 15.3. The van der Waals surface area contributed by atoms with E-state index in [4.69, 9.17) is 16.1 Å². The second-order valence-electron chi connectivity index (χ2n) is 5.86. The van der Waals surface area contributed by atoms with Crippen LogP contribution < -0.4 is 5.32 Å². The van der Waals surface area contributed by atoms with Crippen LogP contribution >= 0.6 is 11.6 Å². The number of halogens is 1. The third-order valence-electron chi connectivity index (χ3n) is 4.06. The summed E-state index contributed by atoms with van der Waals surface area (Å²) >= 11 is 6.26. The molecule has 0 atom stereocenters. The van der Waals surface area contributed by atoms with E-state index in [-0.39, 0.29) is 0 Å². The van der Waals surface area contributed by atoms with Gasteiger partial charge in [0.1, 0.15) is 22.4 Å². The average molecular weight is 358 g/mol. The van der Waals surface area contributed by atoms with Gasteiger partial charge in [0.2, 0.25) is 0 Å². The maximum absolute atomic E-state index is 6.26. The Hall–Kier alpha value is -2.47. The minimum atomic E-state index is 0.434. The number of pyridine rings is 1. The first kappa shape index (κ1) is 17.4. The maximum atomic E-state index is 6.26. The van der Waals surface area contributed by atoms with Crippen molar-refractivity contribution in [3.63, 3.8) is 0 Å². The molecule has 3 heterocycles. The van der Waals surface area contributed by atoms with Gasteiger partial charge >= 0.3 is 0 Å². The molecule has 0 fully saturated rings. The van der Waals surface area contributed by atoms with E-state index in [2.05, 4.69) is 25.4 Å². The summed E-state index contributed by atoms with van der Waals surface area (Å²) in [5.74, 6) is 2.14. The predicted molar refractivity (Wildman–Crippen MR) is 97.8 cm³/mol. The zero-order chi connectivity index (χ0) is 17.8. The Balaban J connectivity index is 1.69. The number of anilines is 1. The lowest BCUT2D eigenvalue weighted by molar-refractivity contribution is 0.392. The highest BCUT2D eigenvalue weighted by Gasteiger charge is 2.12. The Morgan fingerprint density at radius 2 is 2.00 bits per heavy atom. The van der Waals surface area contributed by atoms with Crippen LogP contribution in [0.1, 0.15) is 29.0 Å². The van der Waals surface area contributed by atoms with E-state index in [1.807, 2.05) is 39.0 Å². The van der Waals surface area contributed by atoms with Crippen LogP contribution in [0.2, 0.25) is 5.15 Å². The van der Waals surface area contributed by atoms with Crippen LogP contribution in [0.5, 0.6) is 0 Å². The molecule has 0 bridgehead atoms. The molecule has 0 saturated heterocycles. The number of nitrogens with one attached hydrogen (secondary N) is 1. The van der Waals surface area contributed by atoms with Gasteiger partial charge in [-0.3, -0.25) is 4.98 Å². The van der Waals surface area contributed by atoms with Gasteiger partial charge in [0, 0.05) is 23.9 Å². The van der Waals surface area contributed by atoms with Crippen LogP contribution in [0.3, 0.4) is 0 Å². The van der Waals surface area contributed by atoms with Gasteiger partial charge in [-0.25, -0.2) is 9.97 Å². The molecule has 0 aliphatic rings. The fourth-order valence-corrected chi connectivity index (χ4v) is 2.77. The number of hydrogen-bond donors (Lipinski definition) is 1. The van der Waals surface area contributed by atoms with Crippen LogP contribution in [-0.2, 0) is 6.42 Å². The number of rotatable bonds is 6. The standard InChI is InChI=1S/C18H20ClN5O/c1-11-16(19)22-18(15-8-4-5-9-20-15)23-17(11)21-10-6-7-14-12(2)24-25-13(14)3/h4-5,8-9H,6-7,10H2,1-3H3,(H,21,22,23). The molecule has 0 aromatic carbocycles. The molecule has 0 spiro atoms. The summed E-state index contributed by atoms with van der Waals surface area (Å²) in [6.45, 7) is 6.57. The Bertz CT molecular complexity index is 844. The largest absolute Gasteiger partial charge is 0.370 e. The summed E-state index contributed by atoms with van der Waals surface area (Å²) in [6.07, 6.45) is 3.55. The molecule has 3 aromatic rings. The van der Waals surface area contributed by atoms with Crippen molar-refractivity contribution in [1.82, 2.24) is 20.1 Å². The minimum Gasteiger partial charge on any atom is -0.370 e. The summed E-state index contributed by atoms with van der Waals surface area (Å²) in [4.78, 5) is 13.2. The lowest BCUT2D eigenvalue weighted by Gasteiger charge is -2.11. The van der Waals surface area contributed by atoms with E-state index in [0.29, 0.717) is 16.7 Å². The van der Waals surface area contributed by atoms with Crippen LogP contribution in [-0.4, -0.2) is 26.7 Å². The summed E-state index contributed by atoms with van der Waals surface area (Å²) < 4.78 is 5.19. The first-order chi connectivity index (χ1) is 12.1. The number of aryl methyl sites for hydroxylation is 2. The summed E-state index contributed by atoms with van der Waals surface area (Å²) in [6, 6.07) is 5.62. The molecule has 3 aromatic heterocycles.